The van der Waals surface area contributed by atoms with E-state index in [9.17, 15) is 4.79 Å². The number of methoxy groups -OCH3 is 1. The van der Waals surface area contributed by atoms with Gasteiger partial charge in [-0.3, -0.25) is 4.79 Å². The Morgan fingerprint density at radius 2 is 1.80 bits per heavy atom. The van der Waals surface area contributed by atoms with E-state index in [2.05, 4.69) is 31.9 Å². The number of ketones is 1. The molecule has 0 amide bonds. The van der Waals surface area contributed by atoms with Crippen LogP contribution < -0.4 is 4.74 Å². The van der Waals surface area contributed by atoms with Crippen LogP contribution >= 0.6 is 43.5 Å². The minimum absolute atomic E-state index is 0.0484. The summed E-state index contributed by atoms with van der Waals surface area (Å²) in [6.45, 7) is 0. The predicted octanol–water partition coefficient (Wildman–Crippen LogP) is 5.30. The number of hydrogen-bond acceptors (Lipinski definition) is 2. The number of Topliss-reactive ketones (excluding diaryl/α,β-unsaturated/α-hetero) is 1. The Hall–Kier alpha value is -0.840. The maximum Gasteiger partial charge on any atom is 0.168 e. The van der Waals surface area contributed by atoms with Crippen molar-refractivity contribution in [2.75, 3.05) is 7.11 Å². The van der Waals surface area contributed by atoms with Gasteiger partial charge < -0.3 is 4.74 Å². The number of hydrogen-bond donors (Lipinski definition) is 0. The summed E-state index contributed by atoms with van der Waals surface area (Å²) in [7, 11) is 1.59. The molecule has 0 saturated heterocycles. The maximum absolute atomic E-state index is 12.4. The molecule has 0 saturated carbocycles. The van der Waals surface area contributed by atoms with Gasteiger partial charge >= 0.3 is 0 Å². The van der Waals surface area contributed by atoms with E-state index in [4.69, 9.17) is 16.3 Å². The SMILES string of the molecule is COc1ccc(Br)cc1CC(=O)c1cc(Br)ccc1Cl. The van der Waals surface area contributed by atoms with Crippen LogP contribution in [0.4, 0.5) is 0 Å². The lowest BCUT2D eigenvalue weighted by molar-refractivity contribution is 0.0992. The summed E-state index contributed by atoms with van der Waals surface area (Å²) in [4.78, 5) is 12.4. The molecule has 20 heavy (non-hydrogen) atoms. The third-order valence-electron chi connectivity index (χ3n) is 2.82. The molecule has 0 heterocycles. The summed E-state index contributed by atoms with van der Waals surface area (Å²) in [5, 5.41) is 0.451. The quantitative estimate of drug-likeness (QED) is 0.630. The number of carbonyl (C=O) groups is 1. The maximum atomic E-state index is 12.4. The van der Waals surface area contributed by atoms with E-state index in [1.165, 1.54) is 0 Å². The smallest absolute Gasteiger partial charge is 0.168 e. The van der Waals surface area contributed by atoms with Gasteiger partial charge in [-0.15, -0.1) is 0 Å². The molecule has 0 aromatic heterocycles. The normalized spacial score (nSPS) is 10.4. The molecule has 0 aliphatic carbocycles. The molecule has 0 N–H and O–H groups in total. The number of carbonyl (C=O) groups excluding carboxylic acids is 1. The van der Waals surface area contributed by atoms with Crippen molar-refractivity contribution in [1.29, 1.82) is 0 Å². The number of ether oxygens (including phenoxy) is 1. The van der Waals surface area contributed by atoms with Crippen LogP contribution in [0.25, 0.3) is 0 Å². The van der Waals surface area contributed by atoms with Gasteiger partial charge in [0.15, 0.2) is 5.78 Å². The van der Waals surface area contributed by atoms with Crippen LogP contribution in [0.1, 0.15) is 15.9 Å². The van der Waals surface area contributed by atoms with E-state index in [0.717, 1.165) is 14.5 Å². The Bertz CT molecular complexity index is 656. The lowest BCUT2D eigenvalue weighted by Gasteiger charge is -2.09. The second-order valence-corrected chi connectivity index (χ2v) is 6.42. The summed E-state index contributed by atoms with van der Waals surface area (Å²) in [6.07, 6.45) is 0.235. The highest BCUT2D eigenvalue weighted by Crippen LogP contribution is 2.27. The summed E-state index contributed by atoms with van der Waals surface area (Å²) < 4.78 is 7.01. The van der Waals surface area contributed by atoms with Gasteiger partial charge in [-0.25, -0.2) is 0 Å². The Kier molecular flexibility index (Phi) is 5.24. The highest BCUT2D eigenvalue weighted by atomic mass is 79.9. The zero-order valence-corrected chi connectivity index (χ0v) is 14.5. The monoisotopic (exact) mass is 416 g/mol. The van der Waals surface area contributed by atoms with Crippen molar-refractivity contribution in [3.63, 3.8) is 0 Å². The summed E-state index contributed by atoms with van der Waals surface area (Å²) >= 11 is 12.8. The Morgan fingerprint density at radius 1 is 1.15 bits per heavy atom. The van der Waals surface area contributed by atoms with Crippen molar-refractivity contribution in [2.24, 2.45) is 0 Å². The predicted molar refractivity (Wildman–Crippen MR) is 87.9 cm³/mol. The van der Waals surface area contributed by atoms with Crippen molar-refractivity contribution in [3.05, 3.63) is 61.5 Å². The van der Waals surface area contributed by atoms with E-state index in [0.29, 0.717) is 16.3 Å². The number of benzene rings is 2. The van der Waals surface area contributed by atoms with E-state index in [1.807, 2.05) is 18.2 Å². The van der Waals surface area contributed by atoms with E-state index in [1.54, 1.807) is 25.3 Å². The first-order valence-corrected chi connectivity index (χ1v) is 7.78. The standard InChI is InChI=1S/C15H11Br2ClO2/c1-20-15-5-3-10(16)6-9(15)7-14(19)12-8-11(17)2-4-13(12)18/h2-6,8H,7H2,1H3. The minimum Gasteiger partial charge on any atom is -0.496 e. The molecule has 0 spiro atoms. The zero-order chi connectivity index (χ0) is 14.7. The molecule has 0 unspecified atom stereocenters. The molecule has 0 fully saturated rings. The Morgan fingerprint density at radius 3 is 2.50 bits per heavy atom. The third kappa shape index (κ3) is 3.62. The summed E-state index contributed by atoms with van der Waals surface area (Å²) in [5.41, 5.74) is 1.32. The first-order valence-electron chi connectivity index (χ1n) is 5.82. The van der Waals surface area contributed by atoms with Crippen LogP contribution in [0.2, 0.25) is 5.02 Å². The molecule has 0 radical (unpaired) electrons. The lowest BCUT2D eigenvalue weighted by Crippen LogP contribution is -2.06. The van der Waals surface area contributed by atoms with Crippen molar-refractivity contribution in [2.45, 2.75) is 6.42 Å². The van der Waals surface area contributed by atoms with Crippen molar-refractivity contribution < 1.29 is 9.53 Å². The third-order valence-corrected chi connectivity index (χ3v) is 4.14. The van der Waals surface area contributed by atoms with Crippen molar-refractivity contribution in [1.82, 2.24) is 0 Å². The molecule has 0 atom stereocenters. The van der Waals surface area contributed by atoms with E-state index in [-0.39, 0.29) is 12.2 Å². The van der Waals surface area contributed by atoms with Gasteiger partial charge in [0.05, 0.1) is 12.1 Å². The molecule has 2 aromatic rings. The average Bonchev–Trinajstić information content (AvgIpc) is 2.41. The fourth-order valence-corrected chi connectivity index (χ4v) is 2.86. The second kappa shape index (κ2) is 6.74. The molecule has 2 aromatic carbocycles. The van der Waals surface area contributed by atoms with Crippen LogP contribution in [0, 0.1) is 0 Å². The molecule has 2 nitrogen and oxygen atoms in total. The van der Waals surface area contributed by atoms with Crippen LogP contribution in [-0.4, -0.2) is 12.9 Å². The fraction of sp³-hybridized carbons (Fsp3) is 0.133. The van der Waals surface area contributed by atoms with Gasteiger partial charge in [0.1, 0.15) is 5.75 Å². The molecule has 2 rings (SSSR count). The van der Waals surface area contributed by atoms with E-state index >= 15 is 0 Å². The zero-order valence-electron chi connectivity index (χ0n) is 10.6. The first-order chi connectivity index (χ1) is 9.51. The summed E-state index contributed by atoms with van der Waals surface area (Å²) in [6, 6.07) is 10.8. The van der Waals surface area contributed by atoms with Gasteiger partial charge in [0.2, 0.25) is 0 Å². The van der Waals surface area contributed by atoms with Crippen molar-refractivity contribution >= 4 is 49.2 Å². The first kappa shape index (κ1) is 15.5. The molecule has 5 heteroatoms. The largest absolute Gasteiger partial charge is 0.496 e. The highest BCUT2D eigenvalue weighted by molar-refractivity contribution is 9.10. The van der Waals surface area contributed by atoms with Gasteiger partial charge in [0, 0.05) is 26.5 Å². The van der Waals surface area contributed by atoms with Gasteiger partial charge in [-0.1, -0.05) is 43.5 Å². The average molecular weight is 419 g/mol. The van der Waals surface area contributed by atoms with E-state index < -0.39 is 0 Å². The number of halogens is 3. The van der Waals surface area contributed by atoms with Gasteiger partial charge in [-0.2, -0.15) is 0 Å². The van der Waals surface area contributed by atoms with Crippen LogP contribution in [0.5, 0.6) is 5.75 Å². The fourth-order valence-electron chi connectivity index (χ4n) is 1.86. The lowest BCUT2D eigenvalue weighted by atomic mass is 10.0. The summed E-state index contributed by atoms with van der Waals surface area (Å²) in [5.74, 6) is 0.639. The molecule has 0 aliphatic heterocycles. The minimum atomic E-state index is -0.0484. The van der Waals surface area contributed by atoms with Gasteiger partial charge in [-0.05, 0) is 36.4 Å². The Labute approximate surface area is 139 Å². The van der Waals surface area contributed by atoms with Crippen LogP contribution in [0.15, 0.2) is 45.3 Å². The van der Waals surface area contributed by atoms with Crippen LogP contribution in [0.3, 0.4) is 0 Å². The Balaban J connectivity index is 2.32. The van der Waals surface area contributed by atoms with Crippen LogP contribution in [-0.2, 0) is 6.42 Å². The molecule has 0 aliphatic rings. The highest BCUT2D eigenvalue weighted by Gasteiger charge is 2.14. The molecular weight excluding hydrogens is 407 g/mol. The van der Waals surface area contributed by atoms with Crippen molar-refractivity contribution in [3.8, 4) is 5.75 Å². The molecule has 0 bridgehead atoms. The molecule has 104 valence electrons. The topological polar surface area (TPSA) is 26.3 Å². The molecular formula is C15H11Br2ClO2. The number of rotatable bonds is 4. The van der Waals surface area contributed by atoms with Gasteiger partial charge in [0.25, 0.3) is 0 Å². The second-order valence-electron chi connectivity index (χ2n) is 4.18.